The maximum atomic E-state index is 7.63. The molecule has 13 aromatic rings. The van der Waals surface area contributed by atoms with Gasteiger partial charge in [-0.25, -0.2) is 4.85 Å². The molecule has 2 nitrogen and oxygen atoms in total. The summed E-state index contributed by atoms with van der Waals surface area (Å²) in [6.45, 7) is 7.63. The van der Waals surface area contributed by atoms with Gasteiger partial charge in [0.05, 0.1) is 17.6 Å². The molecule has 12 aromatic carbocycles. The predicted molar refractivity (Wildman–Crippen MR) is 243 cm³/mol. The zero-order valence-corrected chi connectivity index (χ0v) is 30.7. The Morgan fingerprint density at radius 2 is 0.842 bits per heavy atom. The molecule has 0 bridgehead atoms. The van der Waals surface area contributed by atoms with E-state index in [9.17, 15) is 0 Å². The largest absolute Gasteiger partial charge is 0.309 e. The number of rotatable bonds is 3. The van der Waals surface area contributed by atoms with E-state index in [1.165, 1.54) is 108 Å². The van der Waals surface area contributed by atoms with Gasteiger partial charge in [-0.15, -0.1) is 0 Å². The van der Waals surface area contributed by atoms with E-state index >= 15 is 0 Å². The number of nitrogens with zero attached hydrogens (tertiary/aromatic N) is 2. The second kappa shape index (κ2) is 11.2. The van der Waals surface area contributed by atoms with E-state index < -0.39 is 0 Å². The lowest BCUT2D eigenvalue weighted by Crippen LogP contribution is -1.93. The van der Waals surface area contributed by atoms with Crippen LogP contribution in [0.5, 0.6) is 0 Å². The molecule has 0 N–H and O–H groups in total. The highest BCUT2D eigenvalue weighted by molar-refractivity contribution is 6.46. The first-order valence-electron chi connectivity index (χ1n) is 19.6. The van der Waals surface area contributed by atoms with Crippen molar-refractivity contribution in [2.45, 2.75) is 0 Å². The molecule has 0 spiro atoms. The Kier molecular flexibility index (Phi) is 5.99. The molecule has 13 rings (SSSR count). The summed E-state index contributed by atoms with van der Waals surface area (Å²) in [5, 5.41) is 20.6. The Morgan fingerprint density at radius 3 is 1.54 bits per heavy atom. The van der Waals surface area contributed by atoms with Gasteiger partial charge < -0.3 is 4.57 Å². The van der Waals surface area contributed by atoms with Gasteiger partial charge in [-0.2, -0.15) is 0 Å². The predicted octanol–water partition coefficient (Wildman–Crippen LogP) is 15.6. The monoisotopic (exact) mass is 718 g/mol. The minimum atomic E-state index is 0.639. The van der Waals surface area contributed by atoms with Gasteiger partial charge >= 0.3 is 0 Å². The summed E-state index contributed by atoms with van der Waals surface area (Å²) in [5.41, 5.74) is 9.00. The third kappa shape index (κ3) is 3.92. The van der Waals surface area contributed by atoms with Gasteiger partial charge in [-0.05, 0) is 128 Å². The zero-order valence-electron chi connectivity index (χ0n) is 30.7. The van der Waals surface area contributed by atoms with Crippen molar-refractivity contribution in [1.29, 1.82) is 0 Å². The molecule has 0 atom stereocenters. The maximum absolute atomic E-state index is 7.63. The first kappa shape index (κ1) is 30.6. The molecule has 0 amide bonds. The fraction of sp³-hybridized carbons (Fsp3) is 0. The van der Waals surface area contributed by atoms with E-state index in [1.807, 2.05) is 12.1 Å². The molecular weight excluding hydrogens is 689 g/mol. The van der Waals surface area contributed by atoms with Crippen LogP contribution in [0.15, 0.2) is 182 Å². The topological polar surface area (TPSA) is 9.29 Å². The fourth-order valence-electron chi connectivity index (χ4n) is 10.5. The van der Waals surface area contributed by atoms with E-state index in [2.05, 4.69) is 179 Å². The summed E-state index contributed by atoms with van der Waals surface area (Å²) in [6.07, 6.45) is 0. The summed E-state index contributed by atoms with van der Waals surface area (Å²) in [6, 6.07) is 66.7. The molecule has 2 heteroatoms. The first-order valence-corrected chi connectivity index (χ1v) is 19.6. The van der Waals surface area contributed by atoms with Crippen molar-refractivity contribution in [2.24, 2.45) is 0 Å². The number of benzene rings is 10. The Bertz CT molecular complexity index is 3830. The summed E-state index contributed by atoms with van der Waals surface area (Å²) in [7, 11) is 0. The van der Waals surface area contributed by atoms with Crippen molar-refractivity contribution in [3.05, 3.63) is 193 Å². The number of hydrogen-bond acceptors (Lipinski definition) is 0. The first-order chi connectivity index (χ1) is 28.3. The van der Waals surface area contributed by atoms with Gasteiger partial charge in [0.15, 0.2) is 5.69 Å². The van der Waals surface area contributed by atoms with Crippen LogP contribution in [0.1, 0.15) is 0 Å². The lowest BCUT2D eigenvalue weighted by Gasteiger charge is -2.19. The summed E-state index contributed by atoms with van der Waals surface area (Å²) in [5.74, 6) is 0. The van der Waals surface area contributed by atoms with Crippen LogP contribution in [0.25, 0.3) is 130 Å². The SMILES string of the molecule is [C-]#[N+]c1ccc(-n2c3ccccc3c3c4cccc5c6c(-c7ccccc7)c7cc8c9ccccc9c9cccc(c7c(-c7ccccc7)c6c(cc32)c54)c98)cc1. The van der Waals surface area contributed by atoms with Crippen molar-refractivity contribution in [1.82, 2.24) is 4.57 Å². The van der Waals surface area contributed by atoms with Crippen LogP contribution in [0.2, 0.25) is 0 Å². The Labute approximate surface area is 327 Å². The molecule has 0 aliphatic rings. The van der Waals surface area contributed by atoms with Gasteiger partial charge in [-0.3, -0.25) is 0 Å². The van der Waals surface area contributed by atoms with Gasteiger partial charge in [0, 0.05) is 16.5 Å². The Balaban J connectivity index is 1.35. The molecule has 260 valence electrons. The molecule has 1 heterocycles. The van der Waals surface area contributed by atoms with Crippen LogP contribution < -0.4 is 0 Å². The van der Waals surface area contributed by atoms with Crippen molar-refractivity contribution in [3.63, 3.8) is 0 Å². The molecule has 0 unspecified atom stereocenters. The lowest BCUT2D eigenvalue weighted by atomic mass is 9.84. The van der Waals surface area contributed by atoms with Gasteiger partial charge in [0.1, 0.15) is 0 Å². The Hall–Kier alpha value is -7.73. The number of aromatic nitrogens is 1. The van der Waals surface area contributed by atoms with Gasteiger partial charge in [0.2, 0.25) is 0 Å². The van der Waals surface area contributed by atoms with Crippen LogP contribution in [-0.2, 0) is 0 Å². The van der Waals surface area contributed by atoms with Gasteiger partial charge in [-0.1, -0.05) is 152 Å². The fourth-order valence-corrected chi connectivity index (χ4v) is 10.5. The van der Waals surface area contributed by atoms with Crippen molar-refractivity contribution in [3.8, 4) is 27.9 Å². The second-order valence-electron chi connectivity index (χ2n) is 15.4. The van der Waals surface area contributed by atoms with Crippen molar-refractivity contribution >= 4 is 103 Å². The number of hydrogen-bond donors (Lipinski definition) is 0. The molecule has 0 aliphatic carbocycles. The highest BCUT2D eigenvalue weighted by Crippen LogP contribution is 2.55. The highest BCUT2D eigenvalue weighted by atomic mass is 15.0. The van der Waals surface area contributed by atoms with Crippen LogP contribution in [-0.4, -0.2) is 4.57 Å². The lowest BCUT2D eigenvalue weighted by molar-refractivity contribution is 1.18. The average Bonchev–Trinajstić information content (AvgIpc) is 3.91. The molecule has 0 saturated carbocycles. The Morgan fingerprint density at radius 1 is 0.316 bits per heavy atom. The van der Waals surface area contributed by atoms with E-state index in [0.717, 1.165) is 16.7 Å². The standard InChI is InChI=1S/C55H30N2/c1-56-34-26-28-35(29-27-34)57-46-25-11-10-20-39(46)52-40-22-13-24-42-51(40)45(31-47(52)57)55-49(33-16-6-3-7-17-33)53-41-23-12-21-38-36-18-8-9-19-37(36)43(50(38)41)30-44(53)48(54(42)55)32-14-4-2-5-15-32/h2-31H. The van der Waals surface area contributed by atoms with Crippen molar-refractivity contribution in [2.75, 3.05) is 0 Å². The quantitative estimate of drug-likeness (QED) is 0.127. The van der Waals surface area contributed by atoms with Crippen LogP contribution in [0, 0.1) is 6.57 Å². The number of para-hydroxylation sites is 1. The third-order valence-electron chi connectivity index (χ3n) is 12.6. The third-order valence-corrected chi connectivity index (χ3v) is 12.6. The molecule has 0 radical (unpaired) electrons. The second-order valence-corrected chi connectivity index (χ2v) is 15.4. The highest BCUT2D eigenvalue weighted by Gasteiger charge is 2.28. The maximum Gasteiger partial charge on any atom is 0.187 e. The van der Waals surface area contributed by atoms with E-state index in [0.29, 0.717) is 5.69 Å². The molecular formula is C55H30N2. The van der Waals surface area contributed by atoms with Crippen LogP contribution in [0.4, 0.5) is 5.69 Å². The number of fused-ring (bicyclic) bond motifs is 12. The van der Waals surface area contributed by atoms with E-state index in [-0.39, 0.29) is 0 Å². The van der Waals surface area contributed by atoms with Crippen LogP contribution >= 0.6 is 0 Å². The van der Waals surface area contributed by atoms with E-state index in [1.54, 1.807) is 0 Å². The molecule has 0 fully saturated rings. The summed E-state index contributed by atoms with van der Waals surface area (Å²) in [4.78, 5) is 3.70. The van der Waals surface area contributed by atoms with Crippen molar-refractivity contribution < 1.29 is 0 Å². The minimum Gasteiger partial charge on any atom is -0.309 e. The molecule has 0 saturated heterocycles. The average molecular weight is 719 g/mol. The van der Waals surface area contributed by atoms with Gasteiger partial charge in [0.25, 0.3) is 0 Å². The van der Waals surface area contributed by atoms with Crippen LogP contribution in [0.3, 0.4) is 0 Å². The minimum absolute atomic E-state index is 0.639. The normalized spacial score (nSPS) is 12.2. The summed E-state index contributed by atoms with van der Waals surface area (Å²) >= 11 is 0. The summed E-state index contributed by atoms with van der Waals surface area (Å²) < 4.78 is 2.40. The molecule has 0 aliphatic heterocycles. The van der Waals surface area contributed by atoms with E-state index in [4.69, 9.17) is 6.57 Å². The smallest absolute Gasteiger partial charge is 0.187 e. The molecule has 57 heavy (non-hydrogen) atoms. The molecule has 1 aromatic heterocycles. The zero-order chi connectivity index (χ0) is 37.4.